The minimum atomic E-state index is -0.433. The lowest BCUT2D eigenvalue weighted by atomic mass is 9.72. The van der Waals surface area contributed by atoms with Crippen LogP contribution in [-0.4, -0.2) is 19.7 Å². The maximum atomic E-state index is 14.1. The Morgan fingerprint density at radius 1 is 0.972 bits per heavy atom. The van der Waals surface area contributed by atoms with Crippen molar-refractivity contribution in [2.75, 3.05) is 0 Å². The van der Waals surface area contributed by atoms with E-state index in [4.69, 9.17) is 15.8 Å². The lowest BCUT2D eigenvalue weighted by molar-refractivity contribution is 0.253. The Hall–Kier alpha value is -3.87. The standard InChI is InChI=1S/C30H27FN4O/c1-19-28(22-10-13-26(31)23(16-22)18-36)35-29(34-19)27(25(17-33-35)20-6-3-2-4-7-20)21-8-11-24(12-9-21)30(32)14-5-15-30/h2-4,6-13,16-17,36H,5,14-15,18,32H2,1H3. The lowest BCUT2D eigenvalue weighted by Gasteiger charge is -2.38. The third-order valence-corrected chi connectivity index (χ3v) is 7.39. The van der Waals surface area contributed by atoms with Gasteiger partial charge in [0.05, 0.1) is 24.2 Å². The molecular formula is C30H27FN4O. The molecule has 0 unspecified atom stereocenters. The molecule has 0 radical (unpaired) electrons. The summed E-state index contributed by atoms with van der Waals surface area (Å²) in [6, 6.07) is 23.4. The van der Waals surface area contributed by atoms with Crippen LogP contribution in [0.2, 0.25) is 0 Å². The highest BCUT2D eigenvalue weighted by molar-refractivity contribution is 5.92. The number of nitrogens with zero attached hydrogens (tertiary/aromatic N) is 3. The van der Waals surface area contributed by atoms with Crippen LogP contribution in [0.4, 0.5) is 4.39 Å². The monoisotopic (exact) mass is 478 g/mol. The van der Waals surface area contributed by atoms with Gasteiger partial charge >= 0.3 is 0 Å². The van der Waals surface area contributed by atoms with Crippen molar-refractivity contribution in [3.8, 4) is 33.5 Å². The van der Waals surface area contributed by atoms with Crippen molar-refractivity contribution in [1.29, 1.82) is 0 Å². The number of hydrogen-bond donors (Lipinski definition) is 2. The van der Waals surface area contributed by atoms with Crippen LogP contribution in [0.25, 0.3) is 39.2 Å². The van der Waals surface area contributed by atoms with E-state index in [1.165, 1.54) is 12.5 Å². The Morgan fingerprint density at radius 2 is 1.69 bits per heavy atom. The van der Waals surface area contributed by atoms with Gasteiger partial charge in [0.2, 0.25) is 0 Å². The Labute approximate surface area is 209 Å². The van der Waals surface area contributed by atoms with E-state index in [1.807, 2.05) is 35.8 Å². The molecule has 0 amide bonds. The van der Waals surface area contributed by atoms with E-state index in [0.717, 1.165) is 63.3 Å². The maximum absolute atomic E-state index is 14.1. The highest BCUT2D eigenvalue weighted by Crippen LogP contribution is 2.41. The molecule has 5 aromatic rings. The van der Waals surface area contributed by atoms with Crippen molar-refractivity contribution in [2.45, 2.75) is 38.3 Å². The number of rotatable bonds is 5. The maximum Gasteiger partial charge on any atom is 0.162 e. The SMILES string of the molecule is Cc1nc2c(-c3ccc(C4(N)CCC4)cc3)c(-c3ccccc3)cnn2c1-c1ccc(F)c(CO)c1. The van der Waals surface area contributed by atoms with Crippen molar-refractivity contribution >= 4 is 5.65 Å². The second kappa shape index (κ2) is 8.66. The Kier molecular flexibility index (Phi) is 5.43. The molecule has 180 valence electrons. The number of benzene rings is 3. The number of nitrogens with two attached hydrogens (primary N) is 1. The van der Waals surface area contributed by atoms with Crippen molar-refractivity contribution in [1.82, 2.24) is 14.6 Å². The van der Waals surface area contributed by atoms with Gasteiger partial charge in [0.15, 0.2) is 5.65 Å². The summed E-state index contributed by atoms with van der Waals surface area (Å²) in [5.74, 6) is -0.433. The van der Waals surface area contributed by atoms with Gasteiger partial charge in [0, 0.05) is 27.8 Å². The molecule has 0 atom stereocenters. The number of aliphatic hydroxyl groups is 1. The average Bonchev–Trinajstić information content (AvgIpc) is 3.23. The lowest BCUT2D eigenvalue weighted by Crippen LogP contribution is -2.43. The van der Waals surface area contributed by atoms with Crippen LogP contribution in [0.3, 0.4) is 0 Å². The fraction of sp³-hybridized carbons (Fsp3) is 0.200. The number of imidazole rings is 1. The summed E-state index contributed by atoms with van der Waals surface area (Å²) in [6.07, 6.45) is 5.05. The van der Waals surface area contributed by atoms with Crippen LogP contribution in [0, 0.1) is 12.7 Å². The van der Waals surface area contributed by atoms with Gasteiger partial charge in [-0.2, -0.15) is 5.10 Å². The second-order valence-corrected chi connectivity index (χ2v) is 9.63. The van der Waals surface area contributed by atoms with Crippen LogP contribution in [-0.2, 0) is 12.1 Å². The highest BCUT2D eigenvalue weighted by atomic mass is 19.1. The first-order valence-corrected chi connectivity index (χ1v) is 12.2. The Morgan fingerprint density at radius 3 is 2.36 bits per heavy atom. The fourth-order valence-electron chi connectivity index (χ4n) is 5.20. The third-order valence-electron chi connectivity index (χ3n) is 7.39. The summed E-state index contributed by atoms with van der Waals surface area (Å²) in [7, 11) is 0. The van der Waals surface area contributed by atoms with E-state index in [1.54, 1.807) is 12.1 Å². The van der Waals surface area contributed by atoms with Crippen LogP contribution >= 0.6 is 0 Å². The first-order chi connectivity index (χ1) is 17.5. The van der Waals surface area contributed by atoms with Crippen molar-refractivity contribution in [2.24, 2.45) is 5.73 Å². The van der Waals surface area contributed by atoms with Gasteiger partial charge < -0.3 is 10.8 Å². The van der Waals surface area contributed by atoms with E-state index in [0.29, 0.717) is 0 Å². The summed E-state index contributed by atoms with van der Waals surface area (Å²) in [5, 5.41) is 14.4. The molecule has 3 N–H and O–H groups in total. The Bertz CT molecular complexity index is 1570. The van der Waals surface area contributed by atoms with Crippen molar-refractivity contribution in [3.63, 3.8) is 0 Å². The van der Waals surface area contributed by atoms with Gasteiger partial charge in [-0.15, -0.1) is 0 Å². The highest BCUT2D eigenvalue weighted by Gasteiger charge is 2.34. The van der Waals surface area contributed by atoms with Crippen LogP contribution < -0.4 is 5.73 Å². The fourth-order valence-corrected chi connectivity index (χ4v) is 5.20. The minimum absolute atomic E-state index is 0.224. The van der Waals surface area contributed by atoms with Gasteiger partial charge in [-0.05, 0) is 61.1 Å². The summed E-state index contributed by atoms with van der Waals surface area (Å²) in [6.45, 7) is 1.55. The molecule has 0 spiro atoms. The first-order valence-electron chi connectivity index (χ1n) is 12.2. The number of halogens is 1. The predicted molar refractivity (Wildman–Crippen MR) is 140 cm³/mol. The molecule has 2 aromatic heterocycles. The number of aliphatic hydroxyl groups excluding tert-OH is 1. The van der Waals surface area contributed by atoms with E-state index >= 15 is 0 Å². The third kappa shape index (κ3) is 3.61. The summed E-state index contributed by atoms with van der Waals surface area (Å²) >= 11 is 0. The zero-order chi connectivity index (χ0) is 24.9. The van der Waals surface area contributed by atoms with Gasteiger partial charge in [-0.3, -0.25) is 0 Å². The number of aromatic nitrogens is 3. The molecule has 1 aliphatic carbocycles. The van der Waals surface area contributed by atoms with E-state index in [-0.39, 0.29) is 17.7 Å². The molecule has 5 nitrogen and oxygen atoms in total. The molecule has 36 heavy (non-hydrogen) atoms. The largest absolute Gasteiger partial charge is 0.392 e. The first kappa shape index (κ1) is 22.6. The topological polar surface area (TPSA) is 76.4 Å². The van der Waals surface area contributed by atoms with Crippen molar-refractivity contribution in [3.05, 3.63) is 102 Å². The number of hydrogen-bond acceptors (Lipinski definition) is 4. The van der Waals surface area contributed by atoms with E-state index in [2.05, 4.69) is 36.4 Å². The zero-order valence-electron chi connectivity index (χ0n) is 20.1. The zero-order valence-corrected chi connectivity index (χ0v) is 20.1. The van der Waals surface area contributed by atoms with Gasteiger partial charge in [-0.1, -0.05) is 54.6 Å². The van der Waals surface area contributed by atoms with E-state index in [9.17, 15) is 9.50 Å². The summed E-state index contributed by atoms with van der Waals surface area (Å²) < 4.78 is 15.9. The van der Waals surface area contributed by atoms with Crippen molar-refractivity contribution < 1.29 is 9.50 Å². The number of aryl methyl sites for hydroxylation is 1. The van der Waals surface area contributed by atoms with Gasteiger partial charge in [0.25, 0.3) is 0 Å². The average molecular weight is 479 g/mol. The normalized spacial score (nSPS) is 14.7. The molecule has 6 heteroatoms. The predicted octanol–water partition coefficient (Wildman–Crippen LogP) is 6.01. The van der Waals surface area contributed by atoms with E-state index < -0.39 is 5.82 Å². The van der Waals surface area contributed by atoms with Gasteiger partial charge in [0.1, 0.15) is 5.82 Å². The molecule has 0 saturated heterocycles. The quantitative estimate of drug-likeness (QED) is 0.324. The van der Waals surface area contributed by atoms with Gasteiger partial charge in [-0.25, -0.2) is 13.9 Å². The molecule has 1 fully saturated rings. The molecule has 0 aliphatic heterocycles. The summed E-state index contributed by atoms with van der Waals surface area (Å²) in [4.78, 5) is 4.95. The smallest absolute Gasteiger partial charge is 0.162 e. The summed E-state index contributed by atoms with van der Waals surface area (Å²) in [5.41, 5.74) is 14.8. The molecule has 0 bridgehead atoms. The molecule has 1 aliphatic rings. The molecule has 2 heterocycles. The minimum Gasteiger partial charge on any atom is -0.392 e. The molecule has 1 saturated carbocycles. The van der Waals surface area contributed by atoms with Crippen LogP contribution in [0.1, 0.15) is 36.1 Å². The van der Waals surface area contributed by atoms with Crippen LogP contribution in [0.5, 0.6) is 0 Å². The Balaban J connectivity index is 1.58. The second-order valence-electron chi connectivity index (χ2n) is 9.63. The molecule has 3 aromatic carbocycles. The molecule has 6 rings (SSSR count). The van der Waals surface area contributed by atoms with Crippen LogP contribution in [0.15, 0.2) is 79.0 Å². The number of fused-ring (bicyclic) bond motifs is 1. The molecular weight excluding hydrogens is 451 g/mol.